The molecule has 6 nitrogen and oxygen atoms in total. The lowest BCUT2D eigenvalue weighted by Gasteiger charge is -2.10. The zero-order chi connectivity index (χ0) is 18.1. The fourth-order valence-electron chi connectivity index (χ4n) is 3.18. The molecule has 7 heteroatoms. The smallest absolute Gasteiger partial charge is 0.136 e. The summed E-state index contributed by atoms with van der Waals surface area (Å²) in [7, 11) is 1.85. The number of aromatic nitrogens is 6. The minimum absolute atomic E-state index is 0.614. The lowest BCUT2D eigenvalue weighted by atomic mass is 10.1. The average Bonchev–Trinajstić information content (AvgIpc) is 3.35. The quantitative estimate of drug-likeness (QED) is 0.583. The molecule has 0 spiro atoms. The van der Waals surface area contributed by atoms with E-state index in [1.54, 1.807) is 11.0 Å². The molecular weight excluding hydrogens is 348 g/mol. The van der Waals surface area contributed by atoms with E-state index in [1.165, 1.54) is 0 Å². The number of H-pyrrole nitrogens is 1. The average molecular weight is 367 g/mol. The molecule has 1 N–H and O–H groups in total. The van der Waals surface area contributed by atoms with Crippen molar-refractivity contribution in [1.82, 2.24) is 29.3 Å². The van der Waals surface area contributed by atoms with Crippen molar-refractivity contribution in [3.63, 3.8) is 0 Å². The molecule has 0 saturated heterocycles. The number of rotatable bonds is 5. The highest BCUT2D eigenvalue weighted by Crippen LogP contribution is 2.37. The summed E-state index contributed by atoms with van der Waals surface area (Å²) in [5, 5.41) is 5.09. The second-order valence-corrected chi connectivity index (χ2v) is 6.56. The van der Waals surface area contributed by atoms with Gasteiger partial charge in [0.2, 0.25) is 0 Å². The first-order valence-electron chi connectivity index (χ1n) is 8.42. The van der Waals surface area contributed by atoms with E-state index < -0.39 is 0 Å². The molecule has 4 rings (SSSR count). The van der Waals surface area contributed by atoms with Gasteiger partial charge < -0.3 is 9.55 Å². The van der Waals surface area contributed by atoms with Crippen molar-refractivity contribution < 1.29 is 0 Å². The van der Waals surface area contributed by atoms with E-state index in [1.807, 2.05) is 44.7 Å². The molecule has 3 heterocycles. The predicted molar refractivity (Wildman–Crippen MR) is 102 cm³/mol. The summed E-state index contributed by atoms with van der Waals surface area (Å²) in [5.74, 6) is 0. The third-order valence-electron chi connectivity index (χ3n) is 4.45. The van der Waals surface area contributed by atoms with Gasteiger partial charge in [-0.1, -0.05) is 41.9 Å². The van der Waals surface area contributed by atoms with Crippen LogP contribution in [0, 0.1) is 6.92 Å². The van der Waals surface area contributed by atoms with Crippen LogP contribution in [0.5, 0.6) is 0 Å². The van der Waals surface area contributed by atoms with E-state index in [9.17, 15) is 0 Å². The lowest BCUT2D eigenvalue weighted by Crippen LogP contribution is -2.03. The Hall–Kier alpha value is -2.86. The second kappa shape index (κ2) is 6.80. The Labute approximate surface area is 156 Å². The monoisotopic (exact) mass is 366 g/mol. The highest BCUT2D eigenvalue weighted by atomic mass is 35.5. The SMILES string of the molecule is Cc1nn(C)c(Cl)c1-c1c(-c2ccccc2)ncn1CCc1cnc[nH]1. The van der Waals surface area contributed by atoms with Gasteiger partial charge in [-0.25, -0.2) is 9.97 Å². The van der Waals surface area contributed by atoms with Gasteiger partial charge in [0.25, 0.3) is 0 Å². The number of hydrogen-bond donors (Lipinski definition) is 1. The number of imidazole rings is 2. The van der Waals surface area contributed by atoms with Crippen LogP contribution in [0.2, 0.25) is 5.15 Å². The maximum absolute atomic E-state index is 6.58. The predicted octanol–water partition coefficient (Wildman–Crippen LogP) is 3.88. The van der Waals surface area contributed by atoms with E-state index in [4.69, 9.17) is 16.6 Å². The van der Waals surface area contributed by atoms with Crippen LogP contribution >= 0.6 is 11.6 Å². The fourth-order valence-corrected chi connectivity index (χ4v) is 3.45. The maximum atomic E-state index is 6.58. The zero-order valence-corrected chi connectivity index (χ0v) is 15.4. The fraction of sp³-hybridized carbons (Fsp3) is 0.211. The molecule has 1 aromatic carbocycles. The first kappa shape index (κ1) is 16.6. The summed E-state index contributed by atoms with van der Waals surface area (Å²) < 4.78 is 3.84. The molecular formula is C19H19ClN6. The molecule has 4 aromatic rings. The third kappa shape index (κ3) is 2.93. The van der Waals surface area contributed by atoms with E-state index >= 15 is 0 Å². The highest BCUT2D eigenvalue weighted by Gasteiger charge is 2.22. The Morgan fingerprint density at radius 2 is 2.00 bits per heavy atom. The van der Waals surface area contributed by atoms with Crippen molar-refractivity contribution >= 4 is 11.6 Å². The number of aryl methyl sites for hydroxylation is 4. The van der Waals surface area contributed by atoms with Crippen LogP contribution in [0.4, 0.5) is 0 Å². The Bertz CT molecular complexity index is 1010. The van der Waals surface area contributed by atoms with E-state index in [-0.39, 0.29) is 0 Å². The van der Waals surface area contributed by atoms with Gasteiger partial charge in [-0.15, -0.1) is 0 Å². The Morgan fingerprint density at radius 3 is 2.65 bits per heavy atom. The van der Waals surface area contributed by atoms with Gasteiger partial charge in [0.05, 0.1) is 35.3 Å². The van der Waals surface area contributed by atoms with Gasteiger partial charge in [-0.05, 0) is 6.92 Å². The number of nitrogens with one attached hydrogen (secondary N) is 1. The van der Waals surface area contributed by atoms with Crippen molar-refractivity contribution in [2.45, 2.75) is 19.9 Å². The van der Waals surface area contributed by atoms with Crippen LogP contribution in [0.15, 0.2) is 49.2 Å². The molecule has 0 unspecified atom stereocenters. The van der Waals surface area contributed by atoms with E-state index in [0.717, 1.165) is 46.9 Å². The van der Waals surface area contributed by atoms with E-state index in [0.29, 0.717) is 5.15 Å². The van der Waals surface area contributed by atoms with Crippen LogP contribution in [-0.4, -0.2) is 29.3 Å². The molecule has 26 heavy (non-hydrogen) atoms. The van der Waals surface area contributed by atoms with Gasteiger partial charge in [0.1, 0.15) is 5.15 Å². The summed E-state index contributed by atoms with van der Waals surface area (Å²) >= 11 is 6.58. The molecule has 0 bridgehead atoms. The topological polar surface area (TPSA) is 64.3 Å². The van der Waals surface area contributed by atoms with Crippen molar-refractivity contribution in [1.29, 1.82) is 0 Å². The first-order valence-corrected chi connectivity index (χ1v) is 8.80. The van der Waals surface area contributed by atoms with E-state index in [2.05, 4.69) is 31.8 Å². The normalized spacial score (nSPS) is 11.2. The maximum Gasteiger partial charge on any atom is 0.136 e. The number of benzene rings is 1. The van der Waals surface area contributed by atoms with Crippen molar-refractivity contribution in [3.05, 3.63) is 65.7 Å². The van der Waals surface area contributed by atoms with Crippen molar-refractivity contribution in [3.8, 4) is 22.5 Å². The molecule has 3 aromatic heterocycles. The van der Waals surface area contributed by atoms with Crippen LogP contribution < -0.4 is 0 Å². The summed E-state index contributed by atoms with van der Waals surface area (Å²) in [5.41, 5.74) is 5.86. The standard InChI is InChI=1S/C19H19ClN6/c1-13-16(19(20)25(2)24-13)18-17(14-6-4-3-5-7-14)23-12-26(18)9-8-15-10-21-11-22-15/h3-7,10-12H,8-9H2,1-2H3,(H,21,22). The minimum Gasteiger partial charge on any atom is -0.348 e. The van der Waals surface area contributed by atoms with Gasteiger partial charge in [0.15, 0.2) is 0 Å². The molecule has 0 saturated carbocycles. The summed E-state index contributed by atoms with van der Waals surface area (Å²) in [6.07, 6.45) is 6.24. The van der Waals surface area contributed by atoms with Crippen LogP contribution in [0.1, 0.15) is 11.4 Å². The molecule has 0 radical (unpaired) electrons. The molecule has 0 amide bonds. The number of halogens is 1. The lowest BCUT2D eigenvalue weighted by molar-refractivity contribution is 0.692. The second-order valence-electron chi connectivity index (χ2n) is 6.20. The Balaban J connectivity index is 1.83. The number of hydrogen-bond acceptors (Lipinski definition) is 3. The summed E-state index contributed by atoms with van der Waals surface area (Å²) in [6.45, 7) is 2.74. The van der Waals surface area contributed by atoms with Gasteiger partial charge in [0, 0.05) is 37.5 Å². The highest BCUT2D eigenvalue weighted by molar-refractivity contribution is 6.32. The molecule has 0 fully saturated rings. The van der Waals surface area contributed by atoms with Crippen molar-refractivity contribution in [2.24, 2.45) is 7.05 Å². The van der Waals surface area contributed by atoms with Crippen LogP contribution in [0.25, 0.3) is 22.5 Å². The van der Waals surface area contributed by atoms with Crippen molar-refractivity contribution in [2.75, 3.05) is 0 Å². The van der Waals surface area contributed by atoms with Gasteiger partial charge in [-0.2, -0.15) is 5.10 Å². The van der Waals surface area contributed by atoms with Crippen LogP contribution in [-0.2, 0) is 20.0 Å². The molecule has 0 atom stereocenters. The zero-order valence-electron chi connectivity index (χ0n) is 14.6. The minimum atomic E-state index is 0.614. The number of aromatic amines is 1. The Morgan fingerprint density at radius 1 is 1.19 bits per heavy atom. The summed E-state index contributed by atoms with van der Waals surface area (Å²) in [4.78, 5) is 11.9. The third-order valence-corrected chi connectivity index (χ3v) is 4.88. The summed E-state index contributed by atoms with van der Waals surface area (Å²) in [6, 6.07) is 10.1. The van der Waals surface area contributed by atoms with Gasteiger partial charge in [-0.3, -0.25) is 4.68 Å². The molecule has 132 valence electrons. The Kier molecular flexibility index (Phi) is 4.34. The molecule has 0 aliphatic carbocycles. The van der Waals surface area contributed by atoms with Gasteiger partial charge >= 0.3 is 0 Å². The largest absolute Gasteiger partial charge is 0.348 e. The number of nitrogens with zero attached hydrogens (tertiary/aromatic N) is 5. The first-order chi connectivity index (χ1) is 12.6. The molecule has 0 aliphatic heterocycles. The molecule has 0 aliphatic rings. The van der Waals surface area contributed by atoms with Crippen LogP contribution in [0.3, 0.4) is 0 Å².